The summed E-state index contributed by atoms with van der Waals surface area (Å²) in [5, 5.41) is 14.5. The molecular formula is C5H10N2O2S. The van der Waals surface area contributed by atoms with Crippen LogP contribution in [0.1, 0.15) is 0 Å². The van der Waals surface area contributed by atoms with E-state index in [1.807, 2.05) is 0 Å². The van der Waals surface area contributed by atoms with Crippen LogP contribution in [-0.4, -0.2) is 35.4 Å². The van der Waals surface area contributed by atoms with Gasteiger partial charge in [0, 0.05) is 13.1 Å². The Morgan fingerprint density at radius 2 is 2.20 bits per heavy atom. The summed E-state index contributed by atoms with van der Waals surface area (Å²) in [4.78, 5) is 10.1. The molecule has 5 heteroatoms. The quantitative estimate of drug-likeness (QED) is 0.511. The summed E-state index contributed by atoms with van der Waals surface area (Å²) in [6.07, 6.45) is 0. The van der Waals surface area contributed by atoms with E-state index in [1.54, 1.807) is 0 Å². The Balaban J connectivity index is 2.07. The molecule has 0 unspecified atom stereocenters. The van der Waals surface area contributed by atoms with Crippen molar-refractivity contribution >= 4 is 17.7 Å². The number of aliphatic carboxylic acids is 1. The second kappa shape index (κ2) is 3.80. The zero-order chi connectivity index (χ0) is 7.40. The molecule has 0 aromatic rings. The number of carbonyl (C=O) groups is 1. The molecule has 1 saturated heterocycles. The molecule has 0 saturated carbocycles. The van der Waals surface area contributed by atoms with E-state index >= 15 is 0 Å². The standard InChI is InChI=1S/C5H10N2O2S/c8-4(9)3-10-5-6-1-2-7-5/h5-7H,1-3H2,(H,8,9). The Hall–Kier alpha value is -0.260. The van der Waals surface area contributed by atoms with Gasteiger partial charge in [-0.1, -0.05) is 0 Å². The summed E-state index contributed by atoms with van der Waals surface area (Å²) in [5.74, 6) is -0.606. The molecule has 0 aromatic heterocycles. The first kappa shape index (κ1) is 7.84. The summed E-state index contributed by atoms with van der Waals surface area (Å²) in [7, 11) is 0. The minimum absolute atomic E-state index is 0.135. The predicted molar refractivity (Wildman–Crippen MR) is 39.9 cm³/mol. The second-order valence-electron chi connectivity index (χ2n) is 1.99. The van der Waals surface area contributed by atoms with Crippen molar-refractivity contribution in [3.05, 3.63) is 0 Å². The van der Waals surface area contributed by atoms with Gasteiger partial charge in [-0.25, -0.2) is 0 Å². The molecule has 0 aliphatic carbocycles. The fourth-order valence-electron chi connectivity index (χ4n) is 0.751. The Bertz CT molecular complexity index is 125. The minimum Gasteiger partial charge on any atom is -0.481 e. The third-order valence-electron chi connectivity index (χ3n) is 1.16. The number of thioether (sulfide) groups is 1. The molecule has 0 bridgehead atoms. The maximum atomic E-state index is 10.1. The SMILES string of the molecule is O=C(O)CSC1NCCN1. The highest BCUT2D eigenvalue weighted by molar-refractivity contribution is 8.00. The Kier molecular flexibility index (Phi) is 2.98. The van der Waals surface area contributed by atoms with E-state index in [-0.39, 0.29) is 11.3 Å². The highest BCUT2D eigenvalue weighted by Gasteiger charge is 2.13. The van der Waals surface area contributed by atoms with Gasteiger partial charge in [0.05, 0.1) is 5.75 Å². The Morgan fingerprint density at radius 1 is 1.60 bits per heavy atom. The topological polar surface area (TPSA) is 61.4 Å². The van der Waals surface area contributed by atoms with Crippen molar-refractivity contribution in [1.29, 1.82) is 0 Å². The van der Waals surface area contributed by atoms with E-state index in [9.17, 15) is 4.79 Å². The Labute approximate surface area is 63.4 Å². The molecule has 1 heterocycles. The van der Waals surface area contributed by atoms with Crippen molar-refractivity contribution in [2.24, 2.45) is 0 Å². The number of carboxylic acids is 1. The van der Waals surface area contributed by atoms with E-state index in [2.05, 4.69) is 10.6 Å². The average molecular weight is 162 g/mol. The normalized spacial score (nSPS) is 19.6. The molecular weight excluding hydrogens is 152 g/mol. The van der Waals surface area contributed by atoms with Crippen LogP contribution in [-0.2, 0) is 4.79 Å². The lowest BCUT2D eigenvalue weighted by Crippen LogP contribution is -2.28. The van der Waals surface area contributed by atoms with Crippen molar-refractivity contribution < 1.29 is 9.90 Å². The zero-order valence-electron chi connectivity index (χ0n) is 5.46. The van der Waals surface area contributed by atoms with Gasteiger partial charge in [0.15, 0.2) is 0 Å². The minimum atomic E-state index is -0.763. The van der Waals surface area contributed by atoms with E-state index in [1.165, 1.54) is 11.8 Å². The van der Waals surface area contributed by atoms with Gasteiger partial charge >= 0.3 is 5.97 Å². The lowest BCUT2D eigenvalue weighted by atomic mass is 10.7. The van der Waals surface area contributed by atoms with Crippen LogP contribution >= 0.6 is 11.8 Å². The van der Waals surface area contributed by atoms with E-state index in [0.29, 0.717) is 0 Å². The zero-order valence-corrected chi connectivity index (χ0v) is 6.28. The molecule has 58 valence electrons. The van der Waals surface area contributed by atoms with Gasteiger partial charge in [0.25, 0.3) is 0 Å². The Morgan fingerprint density at radius 3 is 2.70 bits per heavy atom. The molecule has 0 aromatic carbocycles. The summed E-state index contributed by atoms with van der Waals surface area (Å²) < 4.78 is 0. The average Bonchev–Trinajstić information content (AvgIpc) is 2.34. The predicted octanol–water partition coefficient (Wildman–Crippen LogP) is -0.719. The van der Waals surface area contributed by atoms with E-state index < -0.39 is 5.97 Å². The molecule has 4 nitrogen and oxygen atoms in total. The van der Waals surface area contributed by atoms with Crippen molar-refractivity contribution in [1.82, 2.24) is 10.6 Å². The first-order valence-corrected chi connectivity index (χ1v) is 4.14. The lowest BCUT2D eigenvalue weighted by molar-refractivity contribution is -0.133. The van der Waals surface area contributed by atoms with Crippen LogP contribution in [0.4, 0.5) is 0 Å². The fraction of sp³-hybridized carbons (Fsp3) is 0.800. The molecule has 1 aliphatic heterocycles. The summed E-state index contributed by atoms with van der Waals surface area (Å²) in [6.45, 7) is 1.86. The van der Waals surface area contributed by atoms with Crippen LogP contribution in [0.5, 0.6) is 0 Å². The van der Waals surface area contributed by atoms with Crippen molar-refractivity contribution in [2.45, 2.75) is 5.50 Å². The van der Waals surface area contributed by atoms with Crippen molar-refractivity contribution in [2.75, 3.05) is 18.8 Å². The highest BCUT2D eigenvalue weighted by atomic mass is 32.2. The summed E-state index contributed by atoms with van der Waals surface area (Å²) in [6, 6.07) is 0. The first-order valence-electron chi connectivity index (χ1n) is 3.09. The van der Waals surface area contributed by atoms with Gasteiger partial charge in [-0.05, 0) is 0 Å². The van der Waals surface area contributed by atoms with Crippen LogP contribution in [0.25, 0.3) is 0 Å². The van der Waals surface area contributed by atoms with Gasteiger partial charge < -0.3 is 5.11 Å². The van der Waals surface area contributed by atoms with Gasteiger partial charge in [-0.2, -0.15) is 0 Å². The monoisotopic (exact) mass is 162 g/mol. The van der Waals surface area contributed by atoms with Crippen LogP contribution in [0.15, 0.2) is 0 Å². The molecule has 0 radical (unpaired) electrons. The van der Waals surface area contributed by atoms with Crippen molar-refractivity contribution in [3.8, 4) is 0 Å². The molecule has 1 rings (SSSR count). The molecule has 1 aliphatic rings. The number of rotatable bonds is 3. The molecule has 0 amide bonds. The van der Waals surface area contributed by atoms with Crippen LogP contribution in [0.2, 0.25) is 0 Å². The maximum Gasteiger partial charge on any atom is 0.313 e. The van der Waals surface area contributed by atoms with Crippen LogP contribution < -0.4 is 10.6 Å². The van der Waals surface area contributed by atoms with Gasteiger partial charge in [-0.15, -0.1) is 11.8 Å². The number of carboxylic acid groups (broad SMARTS) is 1. The van der Waals surface area contributed by atoms with E-state index in [4.69, 9.17) is 5.11 Å². The first-order chi connectivity index (χ1) is 4.79. The third-order valence-corrected chi connectivity index (χ3v) is 2.24. The van der Waals surface area contributed by atoms with E-state index in [0.717, 1.165) is 13.1 Å². The third kappa shape index (κ3) is 2.55. The summed E-state index contributed by atoms with van der Waals surface area (Å²) >= 11 is 1.37. The molecule has 0 atom stereocenters. The lowest BCUT2D eigenvalue weighted by Gasteiger charge is -2.06. The smallest absolute Gasteiger partial charge is 0.313 e. The molecule has 10 heavy (non-hydrogen) atoms. The maximum absolute atomic E-state index is 10.1. The van der Waals surface area contributed by atoms with Gasteiger partial charge in [0.2, 0.25) is 0 Å². The number of hydrogen-bond donors (Lipinski definition) is 3. The van der Waals surface area contributed by atoms with Crippen LogP contribution in [0.3, 0.4) is 0 Å². The summed E-state index contributed by atoms with van der Waals surface area (Å²) in [5.41, 5.74) is 0.135. The molecule has 0 spiro atoms. The molecule has 1 fully saturated rings. The largest absolute Gasteiger partial charge is 0.481 e. The van der Waals surface area contributed by atoms with Gasteiger partial charge in [-0.3, -0.25) is 15.4 Å². The highest BCUT2D eigenvalue weighted by Crippen LogP contribution is 2.06. The van der Waals surface area contributed by atoms with Crippen molar-refractivity contribution in [3.63, 3.8) is 0 Å². The molecule has 3 N–H and O–H groups in total. The van der Waals surface area contributed by atoms with Gasteiger partial charge in [0.1, 0.15) is 5.50 Å². The van der Waals surface area contributed by atoms with Crippen LogP contribution in [0, 0.1) is 0 Å². The number of nitrogens with one attached hydrogen (secondary N) is 2. The number of hydrogen-bond acceptors (Lipinski definition) is 4. The second-order valence-corrected chi connectivity index (χ2v) is 3.09. The fourth-order valence-corrected chi connectivity index (χ4v) is 1.53.